The first kappa shape index (κ1) is 25.6. The van der Waals surface area contributed by atoms with Crippen molar-refractivity contribution in [1.29, 1.82) is 0 Å². The maximum absolute atomic E-state index is 9.25. The Morgan fingerprint density at radius 3 is 1.64 bits per heavy atom. The van der Waals surface area contributed by atoms with Crippen molar-refractivity contribution in [2.24, 2.45) is 4.99 Å². The maximum atomic E-state index is 9.25. The van der Waals surface area contributed by atoms with Gasteiger partial charge in [-0.2, -0.15) is 0 Å². The quantitative estimate of drug-likeness (QED) is 0.188. The largest absolute Gasteiger partial charge is 0.390 e. The van der Waals surface area contributed by atoms with Crippen LogP contribution in [-0.2, 0) is 0 Å². The van der Waals surface area contributed by atoms with Crippen LogP contribution < -0.4 is 0 Å². The van der Waals surface area contributed by atoms with Crippen LogP contribution in [0.2, 0.25) is 0 Å². The van der Waals surface area contributed by atoms with Gasteiger partial charge in [-0.25, -0.2) is 4.99 Å². The molecule has 1 rings (SSSR count). The van der Waals surface area contributed by atoms with Gasteiger partial charge < -0.3 is 5.11 Å². The van der Waals surface area contributed by atoms with E-state index in [0.29, 0.717) is 6.04 Å². The molecule has 166 valence electrons. The molecule has 3 heteroatoms. The first-order valence-corrected chi connectivity index (χ1v) is 12.6. The maximum Gasteiger partial charge on any atom is 0.195 e. The second-order valence-corrected chi connectivity index (χ2v) is 9.45. The number of aliphatic imine (C=N–C) groups is 1. The summed E-state index contributed by atoms with van der Waals surface area (Å²) >= 11 is 0. The number of hydrogen-bond donors (Lipinski definition) is 1. The van der Waals surface area contributed by atoms with E-state index in [2.05, 4.69) is 20.9 Å². The van der Waals surface area contributed by atoms with E-state index in [0.717, 1.165) is 17.6 Å². The van der Waals surface area contributed by atoms with Gasteiger partial charge in [0.2, 0.25) is 0 Å². The molecule has 1 aliphatic rings. The third-order valence-electron chi connectivity index (χ3n) is 6.75. The van der Waals surface area contributed by atoms with Crippen LogP contribution >= 0.6 is 0 Å². The lowest BCUT2D eigenvalue weighted by molar-refractivity contribution is -0.817. The number of aliphatic hydroxyl groups excluding tert-OH is 1. The summed E-state index contributed by atoms with van der Waals surface area (Å²) in [6, 6.07) is 0.489. The zero-order chi connectivity index (χ0) is 20.5. The zero-order valence-electron chi connectivity index (χ0n) is 19.6. The molecule has 0 saturated heterocycles. The lowest BCUT2D eigenvalue weighted by Crippen LogP contribution is -2.48. The summed E-state index contributed by atoms with van der Waals surface area (Å²) in [6.07, 6.45) is 24.1. The highest BCUT2D eigenvalue weighted by Crippen LogP contribution is 2.21. The van der Waals surface area contributed by atoms with Crippen molar-refractivity contribution in [3.8, 4) is 0 Å². The van der Waals surface area contributed by atoms with E-state index in [1.54, 1.807) is 0 Å². The number of hydrogen-bond acceptors (Lipinski definition) is 2. The number of nitrogens with zero attached hydrogens (tertiary/aromatic N) is 2. The summed E-state index contributed by atoms with van der Waals surface area (Å²) in [6.45, 7) is 6.58. The molecule has 28 heavy (non-hydrogen) atoms. The summed E-state index contributed by atoms with van der Waals surface area (Å²) in [5, 5.41) is 9.25. The molecule has 0 aromatic heterocycles. The molecule has 1 aliphatic heterocycles. The number of aliphatic hydroxyl groups is 1. The molecule has 0 radical (unpaired) electrons. The van der Waals surface area contributed by atoms with Crippen molar-refractivity contribution in [3.63, 3.8) is 0 Å². The van der Waals surface area contributed by atoms with E-state index in [1.807, 2.05) is 0 Å². The predicted octanol–water partition coefficient (Wildman–Crippen LogP) is 6.88. The Labute approximate surface area is 176 Å². The Morgan fingerprint density at radius 1 is 0.786 bits per heavy atom. The minimum Gasteiger partial charge on any atom is -0.390 e. The summed E-state index contributed by atoms with van der Waals surface area (Å²) in [5.74, 6) is 1.20. The molecule has 0 amide bonds. The monoisotopic (exact) mass is 395 g/mol. The van der Waals surface area contributed by atoms with E-state index in [1.165, 1.54) is 115 Å². The standard InChI is InChI=1S/C25H51N2O/c1-4-5-6-7-8-9-10-11-12-13-14-15-16-17-18-19-20-25-23-27(3,21-22-28)24(2)26-25/h25,28H,4-23H2,1-3H3/q+1. The van der Waals surface area contributed by atoms with Crippen LogP contribution in [0, 0.1) is 0 Å². The van der Waals surface area contributed by atoms with Crippen LogP contribution in [0.4, 0.5) is 0 Å². The van der Waals surface area contributed by atoms with Gasteiger partial charge >= 0.3 is 0 Å². The molecule has 2 atom stereocenters. The Kier molecular flexibility index (Phi) is 15.0. The van der Waals surface area contributed by atoms with E-state index in [-0.39, 0.29) is 6.61 Å². The summed E-state index contributed by atoms with van der Waals surface area (Å²) < 4.78 is 0.847. The Balaban J connectivity index is 1.82. The molecule has 3 nitrogen and oxygen atoms in total. The number of amidine groups is 1. The van der Waals surface area contributed by atoms with Crippen molar-refractivity contribution >= 4 is 5.84 Å². The van der Waals surface area contributed by atoms with Gasteiger partial charge in [-0.1, -0.05) is 110 Å². The van der Waals surface area contributed by atoms with Gasteiger partial charge in [-0.15, -0.1) is 0 Å². The highest BCUT2D eigenvalue weighted by Gasteiger charge is 2.35. The van der Waals surface area contributed by atoms with Crippen molar-refractivity contribution in [2.75, 3.05) is 26.7 Å². The van der Waals surface area contributed by atoms with Gasteiger partial charge in [0.15, 0.2) is 5.84 Å². The summed E-state index contributed by atoms with van der Waals surface area (Å²) in [4.78, 5) is 4.85. The van der Waals surface area contributed by atoms with Gasteiger partial charge in [0.25, 0.3) is 0 Å². The molecule has 0 aromatic rings. The summed E-state index contributed by atoms with van der Waals surface area (Å²) in [5.41, 5.74) is 0. The fourth-order valence-corrected chi connectivity index (χ4v) is 4.60. The molecule has 1 heterocycles. The Bertz CT molecular complexity index is 396. The van der Waals surface area contributed by atoms with Gasteiger partial charge in [-0.3, -0.25) is 4.48 Å². The molecule has 0 aliphatic carbocycles. The lowest BCUT2D eigenvalue weighted by Gasteiger charge is -2.28. The number of likely N-dealkylation sites (N-methyl/N-ethyl adjacent to an activating group) is 1. The van der Waals surface area contributed by atoms with Crippen LogP contribution in [0.15, 0.2) is 4.99 Å². The van der Waals surface area contributed by atoms with Gasteiger partial charge in [0.05, 0.1) is 13.7 Å². The molecular formula is C25H51N2O+. The molecule has 0 fully saturated rings. The van der Waals surface area contributed by atoms with Crippen LogP contribution in [0.1, 0.15) is 123 Å². The van der Waals surface area contributed by atoms with Crippen molar-refractivity contribution in [1.82, 2.24) is 0 Å². The minimum atomic E-state index is 0.259. The Hall–Kier alpha value is -0.410. The second kappa shape index (κ2) is 16.4. The molecule has 0 aromatic carbocycles. The molecular weight excluding hydrogens is 344 g/mol. The molecule has 0 bridgehead atoms. The second-order valence-electron chi connectivity index (χ2n) is 9.45. The summed E-state index contributed by atoms with van der Waals surface area (Å²) in [7, 11) is 2.21. The highest BCUT2D eigenvalue weighted by atomic mass is 16.3. The molecule has 1 N–H and O–H groups in total. The lowest BCUT2D eigenvalue weighted by atomic mass is 10.0. The van der Waals surface area contributed by atoms with Crippen molar-refractivity contribution < 1.29 is 9.59 Å². The SMILES string of the molecule is CCCCCCCCCCCCCCCCCCC1C[N+](C)(CCO)C(C)=N1. The number of quaternary nitrogens is 1. The zero-order valence-corrected chi connectivity index (χ0v) is 19.6. The third kappa shape index (κ3) is 11.6. The van der Waals surface area contributed by atoms with Gasteiger partial charge in [-0.05, 0) is 6.42 Å². The van der Waals surface area contributed by atoms with Crippen LogP contribution in [0.5, 0.6) is 0 Å². The topological polar surface area (TPSA) is 32.6 Å². The smallest absolute Gasteiger partial charge is 0.195 e. The molecule has 0 saturated carbocycles. The van der Waals surface area contributed by atoms with Crippen LogP contribution in [0.25, 0.3) is 0 Å². The third-order valence-corrected chi connectivity index (χ3v) is 6.75. The average molecular weight is 396 g/mol. The van der Waals surface area contributed by atoms with Crippen molar-refractivity contribution in [2.45, 2.75) is 129 Å². The first-order valence-electron chi connectivity index (χ1n) is 12.6. The van der Waals surface area contributed by atoms with Crippen molar-refractivity contribution in [3.05, 3.63) is 0 Å². The minimum absolute atomic E-state index is 0.259. The van der Waals surface area contributed by atoms with E-state index in [4.69, 9.17) is 4.99 Å². The normalized spacial score (nSPS) is 22.0. The highest BCUT2D eigenvalue weighted by molar-refractivity contribution is 5.74. The van der Waals surface area contributed by atoms with E-state index >= 15 is 0 Å². The van der Waals surface area contributed by atoms with Crippen LogP contribution in [-0.4, -0.2) is 48.2 Å². The number of rotatable bonds is 19. The number of unbranched alkanes of at least 4 members (excludes halogenated alkanes) is 15. The van der Waals surface area contributed by atoms with Gasteiger partial charge in [0.1, 0.15) is 19.1 Å². The van der Waals surface area contributed by atoms with E-state index in [9.17, 15) is 5.11 Å². The first-order chi connectivity index (χ1) is 13.6. The molecule has 2 unspecified atom stereocenters. The van der Waals surface area contributed by atoms with E-state index < -0.39 is 0 Å². The Morgan fingerprint density at radius 2 is 1.21 bits per heavy atom. The average Bonchev–Trinajstić information content (AvgIpc) is 2.95. The fourth-order valence-electron chi connectivity index (χ4n) is 4.60. The van der Waals surface area contributed by atoms with Crippen LogP contribution in [0.3, 0.4) is 0 Å². The fraction of sp³-hybridized carbons (Fsp3) is 0.960. The predicted molar refractivity (Wildman–Crippen MR) is 124 cm³/mol. The molecule has 0 spiro atoms. The van der Waals surface area contributed by atoms with Gasteiger partial charge in [0, 0.05) is 6.92 Å².